The molecule has 1 aromatic rings. The van der Waals surface area contributed by atoms with Gasteiger partial charge in [-0.15, -0.1) is 0 Å². The third kappa shape index (κ3) is 3.02. The van der Waals surface area contributed by atoms with Crippen LogP contribution in [-0.4, -0.2) is 17.3 Å². The summed E-state index contributed by atoms with van der Waals surface area (Å²) in [5, 5.41) is 13.2. The van der Waals surface area contributed by atoms with Crippen molar-refractivity contribution in [2.24, 2.45) is 5.92 Å². The molecule has 2 N–H and O–H groups in total. The molecule has 2 nitrogen and oxygen atoms in total. The summed E-state index contributed by atoms with van der Waals surface area (Å²) in [6.45, 7) is 2.32. The molecule has 0 bridgehead atoms. The first-order valence-corrected chi connectivity index (χ1v) is 7.08. The first-order valence-electron chi connectivity index (χ1n) is 6.29. The molecular formula is C14H20BrNO. The Kier molecular flexibility index (Phi) is 4.10. The summed E-state index contributed by atoms with van der Waals surface area (Å²) in [7, 11) is 0. The van der Waals surface area contributed by atoms with E-state index in [0.717, 1.165) is 10.2 Å². The summed E-state index contributed by atoms with van der Waals surface area (Å²) in [6.07, 6.45) is 5.03. The van der Waals surface area contributed by atoms with Crippen molar-refractivity contribution in [3.8, 4) is 0 Å². The first-order chi connectivity index (χ1) is 8.14. The SMILES string of the molecule is CC(CO)(Nc1ccc(Br)cc1)C1CCCC1. The Morgan fingerprint density at radius 3 is 2.41 bits per heavy atom. The molecule has 1 aliphatic carbocycles. The zero-order valence-corrected chi connectivity index (χ0v) is 11.8. The fourth-order valence-electron chi connectivity index (χ4n) is 2.70. The van der Waals surface area contributed by atoms with Crippen molar-refractivity contribution in [3.05, 3.63) is 28.7 Å². The molecule has 0 saturated heterocycles. The molecule has 1 atom stereocenters. The Hall–Kier alpha value is -0.540. The minimum Gasteiger partial charge on any atom is -0.394 e. The van der Waals surface area contributed by atoms with Gasteiger partial charge in [-0.25, -0.2) is 0 Å². The van der Waals surface area contributed by atoms with E-state index in [4.69, 9.17) is 0 Å². The minimum atomic E-state index is -0.190. The molecule has 1 aromatic carbocycles. The second-order valence-electron chi connectivity index (χ2n) is 5.19. The number of nitrogens with one attached hydrogen (secondary N) is 1. The van der Waals surface area contributed by atoms with E-state index in [1.54, 1.807) is 0 Å². The summed E-state index contributed by atoms with van der Waals surface area (Å²) in [5.41, 5.74) is 0.890. The Morgan fingerprint density at radius 1 is 1.29 bits per heavy atom. The van der Waals surface area contributed by atoms with Crippen LogP contribution in [-0.2, 0) is 0 Å². The Morgan fingerprint density at radius 2 is 1.88 bits per heavy atom. The molecule has 1 saturated carbocycles. The van der Waals surface area contributed by atoms with Gasteiger partial charge in [0.15, 0.2) is 0 Å². The summed E-state index contributed by atoms with van der Waals surface area (Å²) < 4.78 is 1.08. The first kappa shape index (κ1) is 12.9. The zero-order valence-electron chi connectivity index (χ0n) is 10.2. The quantitative estimate of drug-likeness (QED) is 0.886. The molecule has 0 heterocycles. The normalized spacial score (nSPS) is 20.2. The monoisotopic (exact) mass is 297 g/mol. The maximum atomic E-state index is 9.69. The lowest BCUT2D eigenvalue weighted by atomic mass is 9.84. The molecule has 1 aliphatic rings. The van der Waals surface area contributed by atoms with E-state index >= 15 is 0 Å². The topological polar surface area (TPSA) is 32.3 Å². The fraction of sp³-hybridized carbons (Fsp3) is 0.571. The maximum absolute atomic E-state index is 9.69. The number of halogens is 1. The molecule has 0 aliphatic heterocycles. The number of hydrogen-bond acceptors (Lipinski definition) is 2. The van der Waals surface area contributed by atoms with Gasteiger partial charge in [0.1, 0.15) is 0 Å². The second kappa shape index (κ2) is 5.40. The number of aliphatic hydroxyl groups excluding tert-OH is 1. The van der Waals surface area contributed by atoms with Crippen LogP contribution in [0.1, 0.15) is 32.6 Å². The van der Waals surface area contributed by atoms with Crippen molar-refractivity contribution in [2.75, 3.05) is 11.9 Å². The zero-order chi connectivity index (χ0) is 12.3. The molecule has 0 aromatic heterocycles. The van der Waals surface area contributed by atoms with Gasteiger partial charge in [0.05, 0.1) is 12.1 Å². The highest BCUT2D eigenvalue weighted by Crippen LogP contribution is 2.36. The number of aliphatic hydroxyl groups is 1. The van der Waals surface area contributed by atoms with Crippen molar-refractivity contribution in [1.82, 2.24) is 0 Å². The van der Waals surface area contributed by atoms with Crippen molar-refractivity contribution in [2.45, 2.75) is 38.1 Å². The van der Waals surface area contributed by atoms with E-state index < -0.39 is 0 Å². The van der Waals surface area contributed by atoms with E-state index in [2.05, 4.69) is 28.2 Å². The lowest BCUT2D eigenvalue weighted by Gasteiger charge is -2.36. The van der Waals surface area contributed by atoms with Gasteiger partial charge < -0.3 is 10.4 Å². The highest BCUT2D eigenvalue weighted by molar-refractivity contribution is 9.10. The van der Waals surface area contributed by atoms with Crippen LogP contribution in [0.3, 0.4) is 0 Å². The van der Waals surface area contributed by atoms with Gasteiger partial charge in [-0.2, -0.15) is 0 Å². The number of benzene rings is 1. The molecule has 0 spiro atoms. The molecular weight excluding hydrogens is 278 g/mol. The van der Waals surface area contributed by atoms with Gasteiger partial charge in [-0.05, 0) is 49.9 Å². The summed E-state index contributed by atoms with van der Waals surface area (Å²) in [4.78, 5) is 0. The fourth-order valence-corrected chi connectivity index (χ4v) is 2.96. The van der Waals surface area contributed by atoms with Crippen LogP contribution in [0.2, 0.25) is 0 Å². The molecule has 2 rings (SSSR count). The van der Waals surface area contributed by atoms with Gasteiger partial charge in [0.2, 0.25) is 0 Å². The minimum absolute atomic E-state index is 0.188. The van der Waals surface area contributed by atoms with Gasteiger partial charge in [-0.3, -0.25) is 0 Å². The van der Waals surface area contributed by atoms with Crippen LogP contribution in [0.5, 0.6) is 0 Å². The third-order valence-electron chi connectivity index (χ3n) is 3.86. The number of anilines is 1. The van der Waals surface area contributed by atoms with E-state index in [-0.39, 0.29) is 12.1 Å². The summed E-state index contributed by atoms with van der Waals surface area (Å²) >= 11 is 3.43. The smallest absolute Gasteiger partial charge is 0.0661 e. The van der Waals surface area contributed by atoms with E-state index in [0.29, 0.717) is 5.92 Å². The summed E-state index contributed by atoms with van der Waals surface area (Å²) in [6, 6.07) is 8.14. The van der Waals surface area contributed by atoms with E-state index in [1.165, 1.54) is 25.7 Å². The van der Waals surface area contributed by atoms with Crippen molar-refractivity contribution in [3.63, 3.8) is 0 Å². The molecule has 0 radical (unpaired) electrons. The lowest BCUT2D eigenvalue weighted by Crippen LogP contribution is -2.45. The van der Waals surface area contributed by atoms with Crippen molar-refractivity contribution in [1.29, 1.82) is 0 Å². The molecule has 1 fully saturated rings. The molecule has 3 heteroatoms. The Balaban J connectivity index is 2.10. The Bertz CT molecular complexity index is 359. The molecule has 0 amide bonds. The number of hydrogen-bond donors (Lipinski definition) is 2. The highest BCUT2D eigenvalue weighted by Gasteiger charge is 2.35. The van der Waals surface area contributed by atoms with Crippen LogP contribution in [0, 0.1) is 5.92 Å². The average Bonchev–Trinajstić information content (AvgIpc) is 2.86. The lowest BCUT2D eigenvalue weighted by molar-refractivity contribution is 0.172. The highest BCUT2D eigenvalue weighted by atomic mass is 79.9. The van der Waals surface area contributed by atoms with Crippen LogP contribution >= 0.6 is 15.9 Å². The maximum Gasteiger partial charge on any atom is 0.0661 e. The average molecular weight is 298 g/mol. The summed E-state index contributed by atoms with van der Waals surface area (Å²) in [5.74, 6) is 0.580. The standard InChI is InChI=1S/C14H20BrNO/c1-14(10-17,11-4-2-3-5-11)16-13-8-6-12(15)7-9-13/h6-9,11,16-17H,2-5,10H2,1H3. The predicted molar refractivity (Wildman–Crippen MR) is 75.2 cm³/mol. The van der Waals surface area contributed by atoms with Gasteiger partial charge in [0.25, 0.3) is 0 Å². The van der Waals surface area contributed by atoms with Crippen molar-refractivity contribution >= 4 is 21.6 Å². The Labute approximate surface area is 112 Å². The predicted octanol–water partition coefficient (Wildman–Crippen LogP) is 3.80. The van der Waals surface area contributed by atoms with Crippen molar-refractivity contribution < 1.29 is 5.11 Å². The van der Waals surface area contributed by atoms with Crippen LogP contribution in [0.25, 0.3) is 0 Å². The van der Waals surface area contributed by atoms with Crippen LogP contribution in [0.4, 0.5) is 5.69 Å². The van der Waals surface area contributed by atoms with Gasteiger partial charge >= 0.3 is 0 Å². The van der Waals surface area contributed by atoms with Gasteiger partial charge in [-0.1, -0.05) is 28.8 Å². The van der Waals surface area contributed by atoms with E-state index in [9.17, 15) is 5.11 Å². The largest absolute Gasteiger partial charge is 0.394 e. The third-order valence-corrected chi connectivity index (χ3v) is 4.39. The molecule has 94 valence electrons. The van der Waals surface area contributed by atoms with Crippen LogP contribution in [0.15, 0.2) is 28.7 Å². The molecule has 17 heavy (non-hydrogen) atoms. The van der Waals surface area contributed by atoms with Gasteiger partial charge in [0, 0.05) is 10.2 Å². The van der Waals surface area contributed by atoms with Crippen LogP contribution < -0.4 is 5.32 Å². The number of rotatable bonds is 4. The molecule has 1 unspecified atom stereocenters. The second-order valence-corrected chi connectivity index (χ2v) is 6.10. The van der Waals surface area contributed by atoms with E-state index in [1.807, 2.05) is 24.3 Å².